The number of hydrogen-bond acceptors (Lipinski definition) is 8. The van der Waals surface area contributed by atoms with Crippen LogP contribution in [0.25, 0.3) is 11.5 Å². The molecule has 1 aliphatic heterocycles. The summed E-state index contributed by atoms with van der Waals surface area (Å²) in [5.41, 5.74) is 1.08. The fraction of sp³-hybridized carbons (Fsp3) is 0.476. The Balaban J connectivity index is 1.35. The molecule has 164 valence electrons. The summed E-state index contributed by atoms with van der Waals surface area (Å²) in [6.45, 7) is 5.22. The van der Waals surface area contributed by atoms with E-state index in [1.165, 1.54) is 17.4 Å². The van der Waals surface area contributed by atoms with Crippen molar-refractivity contribution in [3.63, 3.8) is 0 Å². The van der Waals surface area contributed by atoms with Crippen LogP contribution in [-0.2, 0) is 17.6 Å². The van der Waals surface area contributed by atoms with Crippen molar-refractivity contribution in [2.45, 2.75) is 46.0 Å². The number of aryl methyl sites for hydroxylation is 2. The number of nitrogens with one attached hydrogen (secondary N) is 1. The van der Waals surface area contributed by atoms with E-state index in [2.05, 4.69) is 32.6 Å². The van der Waals surface area contributed by atoms with Crippen molar-refractivity contribution in [2.24, 2.45) is 5.92 Å². The van der Waals surface area contributed by atoms with Crippen molar-refractivity contribution in [2.75, 3.05) is 23.3 Å². The summed E-state index contributed by atoms with van der Waals surface area (Å²) >= 11 is 1.42. The maximum Gasteiger partial charge on any atom is 0.258 e. The van der Waals surface area contributed by atoms with Crippen molar-refractivity contribution in [1.29, 1.82) is 0 Å². The summed E-state index contributed by atoms with van der Waals surface area (Å²) in [5, 5.41) is 16.3. The molecule has 1 aromatic carbocycles. The van der Waals surface area contributed by atoms with Crippen molar-refractivity contribution in [1.82, 2.24) is 20.3 Å². The van der Waals surface area contributed by atoms with Crippen molar-refractivity contribution in [3.8, 4) is 11.5 Å². The van der Waals surface area contributed by atoms with Crippen molar-refractivity contribution < 1.29 is 13.7 Å². The van der Waals surface area contributed by atoms with E-state index in [4.69, 9.17) is 4.52 Å². The van der Waals surface area contributed by atoms with E-state index >= 15 is 0 Å². The molecule has 1 aliphatic rings. The number of rotatable bonds is 7. The molecule has 3 aromatic rings. The molecular weight excluding hydrogens is 419 g/mol. The lowest BCUT2D eigenvalue weighted by molar-refractivity contribution is -0.120. The highest BCUT2D eigenvalue weighted by molar-refractivity contribution is 7.15. The van der Waals surface area contributed by atoms with Crippen LogP contribution in [0.4, 0.5) is 15.2 Å². The van der Waals surface area contributed by atoms with Crippen LogP contribution < -0.4 is 10.2 Å². The van der Waals surface area contributed by atoms with Gasteiger partial charge in [0, 0.05) is 37.4 Å². The smallest absolute Gasteiger partial charge is 0.258 e. The van der Waals surface area contributed by atoms with Gasteiger partial charge in [-0.1, -0.05) is 30.3 Å². The Kier molecular flexibility index (Phi) is 6.55. The van der Waals surface area contributed by atoms with Crippen LogP contribution in [0.2, 0.25) is 0 Å². The van der Waals surface area contributed by atoms with Crippen LogP contribution in [0.15, 0.2) is 22.7 Å². The molecule has 0 spiro atoms. The number of benzene rings is 1. The number of aromatic nitrogens is 4. The van der Waals surface area contributed by atoms with Gasteiger partial charge in [-0.15, -0.1) is 10.2 Å². The van der Waals surface area contributed by atoms with Gasteiger partial charge in [0.05, 0.1) is 5.69 Å². The molecule has 2 aromatic heterocycles. The van der Waals surface area contributed by atoms with E-state index in [0.717, 1.165) is 17.8 Å². The first-order valence-electron chi connectivity index (χ1n) is 10.6. The van der Waals surface area contributed by atoms with E-state index < -0.39 is 0 Å². The standard InChI is InChI=1S/C21H25FN6O2S/c1-3-5-18-25-26-21(31-18)24-19(29)13-8-10-28(11-9-13)16-7-6-14(12-15(16)22)20-23-17(4-2)27-30-20/h6-7,12-13H,3-5,8-11H2,1-2H3,(H,24,26,29). The molecule has 0 radical (unpaired) electrons. The van der Waals surface area contributed by atoms with Gasteiger partial charge in [-0.05, 0) is 37.5 Å². The fourth-order valence-corrected chi connectivity index (χ4v) is 4.46. The Labute approximate surface area is 183 Å². The molecule has 3 heterocycles. The maximum atomic E-state index is 14.8. The number of carbonyl (C=O) groups excluding carboxylic acids is 1. The normalized spacial score (nSPS) is 14.7. The van der Waals surface area contributed by atoms with Gasteiger partial charge in [0.2, 0.25) is 11.0 Å². The third-order valence-electron chi connectivity index (χ3n) is 5.35. The number of hydrogen-bond donors (Lipinski definition) is 1. The van der Waals surface area contributed by atoms with Crippen LogP contribution in [0.3, 0.4) is 0 Å². The lowest BCUT2D eigenvalue weighted by atomic mass is 9.95. The zero-order chi connectivity index (χ0) is 21.8. The minimum atomic E-state index is -0.339. The van der Waals surface area contributed by atoms with Gasteiger partial charge in [0.1, 0.15) is 10.8 Å². The molecule has 1 fully saturated rings. The summed E-state index contributed by atoms with van der Waals surface area (Å²) in [7, 11) is 0. The SMILES string of the molecule is CCCc1nnc(NC(=O)C2CCN(c3ccc(-c4nc(CC)no4)cc3F)CC2)s1. The number of piperidine rings is 1. The van der Waals surface area contributed by atoms with Crippen LogP contribution in [0, 0.1) is 11.7 Å². The minimum Gasteiger partial charge on any atom is -0.369 e. The third kappa shape index (κ3) is 4.90. The van der Waals surface area contributed by atoms with Gasteiger partial charge in [0.25, 0.3) is 5.89 Å². The molecular formula is C21H25FN6O2S. The Bertz CT molecular complexity index is 1040. The number of amides is 1. The Morgan fingerprint density at radius 1 is 1.29 bits per heavy atom. The molecule has 0 atom stereocenters. The predicted molar refractivity (Wildman–Crippen MR) is 117 cm³/mol. The molecule has 0 unspecified atom stereocenters. The molecule has 1 N–H and O–H groups in total. The van der Waals surface area contributed by atoms with Gasteiger partial charge in [0.15, 0.2) is 5.82 Å². The summed E-state index contributed by atoms with van der Waals surface area (Å²) in [4.78, 5) is 18.8. The molecule has 31 heavy (non-hydrogen) atoms. The van der Waals surface area contributed by atoms with E-state index in [1.54, 1.807) is 12.1 Å². The fourth-order valence-electron chi connectivity index (χ4n) is 3.62. The van der Waals surface area contributed by atoms with Crippen molar-refractivity contribution >= 4 is 28.1 Å². The Morgan fingerprint density at radius 3 is 2.77 bits per heavy atom. The zero-order valence-corrected chi connectivity index (χ0v) is 18.4. The first kappa shape index (κ1) is 21.4. The molecule has 4 rings (SSSR count). The lowest BCUT2D eigenvalue weighted by Crippen LogP contribution is -2.38. The summed E-state index contributed by atoms with van der Waals surface area (Å²) < 4.78 is 20.0. The molecule has 0 aliphatic carbocycles. The largest absolute Gasteiger partial charge is 0.369 e. The number of carbonyl (C=O) groups is 1. The van der Waals surface area contributed by atoms with E-state index in [-0.39, 0.29) is 17.6 Å². The molecule has 10 heteroatoms. The highest BCUT2D eigenvalue weighted by Crippen LogP contribution is 2.30. The monoisotopic (exact) mass is 444 g/mol. The van der Waals surface area contributed by atoms with Gasteiger partial charge in [-0.2, -0.15) is 4.98 Å². The minimum absolute atomic E-state index is 0.0437. The number of halogens is 1. The van der Waals surface area contributed by atoms with E-state index in [9.17, 15) is 9.18 Å². The second-order valence-corrected chi connectivity index (χ2v) is 8.60. The average Bonchev–Trinajstić information content (AvgIpc) is 3.44. The highest BCUT2D eigenvalue weighted by Gasteiger charge is 2.27. The number of nitrogens with zero attached hydrogens (tertiary/aromatic N) is 5. The number of anilines is 2. The third-order valence-corrected chi connectivity index (χ3v) is 6.24. The topological polar surface area (TPSA) is 97.0 Å². The predicted octanol–water partition coefficient (Wildman–Crippen LogP) is 4.10. The van der Waals surface area contributed by atoms with E-state index in [1.807, 2.05) is 11.8 Å². The summed E-state index contributed by atoms with van der Waals surface area (Å²) in [6, 6.07) is 4.94. The van der Waals surface area contributed by atoms with E-state index in [0.29, 0.717) is 60.4 Å². The van der Waals surface area contributed by atoms with Crippen LogP contribution >= 0.6 is 11.3 Å². The lowest BCUT2D eigenvalue weighted by Gasteiger charge is -2.33. The van der Waals surface area contributed by atoms with Gasteiger partial charge in [-0.25, -0.2) is 4.39 Å². The zero-order valence-electron chi connectivity index (χ0n) is 17.6. The maximum absolute atomic E-state index is 14.8. The second kappa shape index (κ2) is 9.51. The van der Waals surface area contributed by atoms with Crippen LogP contribution in [0.5, 0.6) is 0 Å². The molecule has 8 nitrogen and oxygen atoms in total. The van der Waals surface area contributed by atoms with Gasteiger partial charge < -0.3 is 14.7 Å². The summed E-state index contributed by atoms with van der Waals surface area (Å²) in [5.74, 6) is 0.404. The first-order chi connectivity index (χ1) is 15.1. The Hall–Kier alpha value is -2.88. The average molecular weight is 445 g/mol. The molecule has 1 saturated heterocycles. The summed E-state index contributed by atoms with van der Waals surface area (Å²) in [6.07, 6.45) is 3.82. The van der Waals surface area contributed by atoms with Crippen molar-refractivity contribution in [3.05, 3.63) is 34.8 Å². The second-order valence-electron chi connectivity index (χ2n) is 7.54. The molecule has 1 amide bonds. The molecule has 0 bridgehead atoms. The molecule has 0 saturated carbocycles. The van der Waals surface area contributed by atoms with Crippen LogP contribution in [-0.4, -0.2) is 39.3 Å². The van der Waals surface area contributed by atoms with Gasteiger partial charge in [-0.3, -0.25) is 4.79 Å². The highest BCUT2D eigenvalue weighted by atomic mass is 32.1. The van der Waals surface area contributed by atoms with Gasteiger partial charge >= 0.3 is 0 Å². The quantitative estimate of drug-likeness (QED) is 0.586. The first-order valence-corrected chi connectivity index (χ1v) is 11.4. The van der Waals surface area contributed by atoms with Crippen LogP contribution in [0.1, 0.15) is 43.9 Å². The Morgan fingerprint density at radius 2 is 2.10 bits per heavy atom.